The van der Waals surface area contributed by atoms with Crippen LogP contribution >= 0.6 is 0 Å². The lowest BCUT2D eigenvalue weighted by molar-refractivity contribution is 0.423. The molecule has 0 aliphatic heterocycles. The Labute approximate surface area is 103 Å². The van der Waals surface area contributed by atoms with Gasteiger partial charge in [-0.15, -0.1) is 0 Å². The smallest absolute Gasteiger partial charge is 0.195 e. The number of rotatable bonds is 0. The van der Waals surface area contributed by atoms with Crippen LogP contribution in [0.5, 0.6) is 0 Å². The lowest BCUT2D eigenvalue weighted by Crippen LogP contribution is -2.23. The fourth-order valence-electron chi connectivity index (χ4n) is 2.98. The molecular formula is C14H14F3N. The van der Waals surface area contributed by atoms with Gasteiger partial charge in [0, 0.05) is 22.6 Å². The second kappa shape index (κ2) is 3.53. The molecule has 0 spiro atoms. The van der Waals surface area contributed by atoms with Crippen LogP contribution in [0.15, 0.2) is 6.07 Å². The maximum Gasteiger partial charge on any atom is 0.195 e. The van der Waals surface area contributed by atoms with E-state index in [2.05, 4.69) is 18.8 Å². The van der Waals surface area contributed by atoms with Crippen LogP contribution in [0.4, 0.5) is 13.2 Å². The van der Waals surface area contributed by atoms with Crippen LogP contribution in [0.3, 0.4) is 0 Å². The van der Waals surface area contributed by atoms with E-state index in [4.69, 9.17) is 0 Å². The number of aryl methyl sites for hydroxylation is 1. The minimum Gasteiger partial charge on any atom is -0.358 e. The second-order valence-corrected chi connectivity index (χ2v) is 5.62. The van der Waals surface area contributed by atoms with Gasteiger partial charge in [0.2, 0.25) is 0 Å². The Kier molecular flexibility index (Phi) is 2.28. The zero-order valence-corrected chi connectivity index (χ0v) is 10.3. The van der Waals surface area contributed by atoms with Crippen molar-refractivity contribution < 1.29 is 13.2 Å². The van der Waals surface area contributed by atoms with Crippen LogP contribution < -0.4 is 0 Å². The number of nitrogens with one attached hydrogen (secondary N) is 1. The van der Waals surface area contributed by atoms with E-state index in [-0.39, 0.29) is 10.8 Å². The van der Waals surface area contributed by atoms with Crippen molar-refractivity contribution in [3.8, 4) is 0 Å². The summed E-state index contributed by atoms with van der Waals surface area (Å²) in [6.07, 6.45) is 2.63. The molecule has 1 aliphatic rings. The van der Waals surface area contributed by atoms with Gasteiger partial charge in [0.05, 0.1) is 5.52 Å². The molecule has 0 saturated carbocycles. The number of hydrogen-bond donors (Lipinski definition) is 1. The fourth-order valence-corrected chi connectivity index (χ4v) is 2.98. The maximum atomic E-state index is 13.9. The Morgan fingerprint density at radius 2 is 1.89 bits per heavy atom. The highest BCUT2D eigenvalue weighted by molar-refractivity contribution is 5.86. The predicted molar refractivity (Wildman–Crippen MR) is 64.1 cm³/mol. The first kappa shape index (κ1) is 11.6. The van der Waals surface area contributed by atoms with E-state index in [0.717, 1.165) is 30.2 Å². The van der Waals surface area contributed by atoms with E-state index in [1.54, 1.807) is 0 Å². The predicted octanol–water partition coefficient (Wildman–Crippen LogP) is 4.20. The Morgan fingerprint density at radius 1 is 1.17 bits per heavy atom. The van der Waals surface area contributed by atoms with Crippen molar-refractivity contribution >= 4 is 10.9 Å². The third kappa shape index (κ3) is 1.41. The van der Waals surface area contributed by atoms with E-state index in [1.807, 2.05) is 0 Å². The minimum absolute atomic E-state index is 0.105. The van der Waals surface area contributed by atoms with Crippen molar-refractivity contribution in [2.75, 3.05) is 0 Å². The van der Waals surface area contributed by atoms with E-state index in [1.165, 1.54) is 0 Å². The monoisotopic (exact) mass is 253 g/mol. The summed E-state index contributed by atoms with van der Waals surface area (Å²) in [6.45, 7) is 4.12. The van der Waals surface area contributed by atoms with Gasteiger partial charge in [-0.05, 0) is 24.8 Å². The van der Waals surface area contributed by atoms with E-state index >= 15 is 0 Å². The van der Waals surface area contributed by atoms with Gasteiger partial charge in [-0.3, -0.25) is 0 Å². The molecule has 2 aromatic rings. The van der Waals surface area contributed by atoms with Crippen LogP contribution in [-0.2, 0) is 11.8 Å². The minimum atomic E-state index is -1.38. The van der Waals surface area contributed by atoms with Crippen molar-refractivity contribution in [2.45, 2.75) is 38.5 Å². The van der Waals surface area contributed by atoms with Gasteiger partial charge in [-0.25, -0.2) is 13.2 Å². The molecule has 1 aliphatic carbocycles. The van der Waals surface area contributed by atoms with Gasteiger partial charge in [0.15, 0.2) is 17.5 Å². The highest BCUT2D eigenvalue weighted by Crippen LogP contribution is 2.41. The van der Waals surface area contributed by atoms with Crippen molar-refractivity contribution in [1.29, 1.82) is 0 Å². The second-order valence-electron chi connectivity index (χ2n) is 5.62. The quantitative estimate of drug-likeness (QED) is 0.677. The SMILES string of the molecule is CC1(C)CCCc2c1[nH]c1cc(F)c(F)c(F)c21. The summed E-state index contributed by atoms with van der Waals surface area (Å²) in [5.74, 6) is -3.59. The highest BCUT2D eigenvalue weighted by Gasteiger charge is 2.32. The topological polar surface area (TPSA) is 15.8 Å². The molecule has 0 unspecified atom stereocenters. The summed E-state index contributed by atoms with van der Waals surface area (Å²) < 4.78 is 40.5. The zero-order chi connectivity index (χ0) is 13.1. The van der Waals surface area contributed by atoms with Crippen LogP contribution in [0.2, 0.25) is 0 Å². The Morgan fingerprint density at radius 3 is 2.61 bits per heavy atom. The molecule has 1 aromatic heterocycles. The van der Waals surface area contributed by atoms with Gasteiger partial charge in [-0.2, -0.15) is 0 Å². The third-order valence-electron chi connectivity index (χ3n) is 3.93. The van der Waals surface area contributed by atoms with E-state index in [0.29, 0.717) is 11.9 Å². The Bertz CT molecular complexity index is 640. The molecule has 3 rings (SSSR count). The lowest BCUT2D eigenvalue weighted by Gasteiger charge is -2.29. The normalized spacial score (nSPS) is 18.1. The summed E-state index contributed by atoms with van der Waals surface area (Å²) in [4.78, 5) is 3.07. The molecule has 1 aromatic carbocycles. The molecular weight excluding hydrogens is 239 g/mol. The molecule has 96 valence electrons. The number of hydrogen-bond acceptors (Lipinski definition) is 0. The van der Waals surface area contributed by atoms with Crippen LogP contribution in [0.1, 0.15) is 37.9 Å². The molecule has 0 amide bonds. The number of halogens is 3. The van der Waals surface area contributed by atoms with E-state index < -0.39 is 17.5 Å². The molecule has 0 fully saturated rings. The highest BCUT2D eigenvalue weighted by atomic mass is 19.2. The summed E-state index contributed by atoms with van der Waals surface area (Å²) in [5.41, 5.74) is 1.96. The van der Waals surface area contributed by atoms with Crippen molar-refractivity contribution in [3.63, 3.8) is 0 Å². The first-order valence-corrected chi connectivity index (χ1v) is 6.10. The molecule has 0 radical (unpaired) electrons. The molecule has 4 heteroatoms. The van der Waals surface area contributed by atoms with Crippen LogP contribution in [0.25, 0.3) is 10.9 Å². The summed E-state index contributed by atoms with van der Waals surface area (Å²) in [7, 11) is 0. The van der Waals surface area contributed by atoms with Crippen molar-refractivity contribution in [2.24, 2.45) is 0 Å². The molecule has 0 atom stereocenters. The third-order valence-corrected chi connectivity index (χ3v) is 3.93. The van der Waals surface area contributed by atoms with Gasteiger partial charge >= 0.3 is 0 Å². The Hall–Kier alpha value is -1.45. The van der Waals surface area contributed by atoms with Gasteiger partial charge < -0.3 is 4.98 Å². The standard InChI is InChI=1S/C14H14F3N/c1-14(2)5-3-4-7-10-9(18-13(7)14)6-8(15)11(16)12(10)17/h6,18H,3-5H2,1-2H3. The molecule has 1 N–H and O–H groups in total. The number of fused-ring (bicyclic) bond motifs is 3. The number of aromatic amines is 1. The molecule has 18 heavy (non-hydrogen) atoms. The average Bonchev–Trinajstić information content (AvgIpc) is 2.66. The van der Waals surface area contributed by atoms with Gasteiger partial charge in [-0.1, -0.05) is 13.8 Å². The zero-order valence-electron chi connectivity index (χ0n) is 10.3. The molecule has 0 bridgehead atoms. The molecule has 1 heterocycles. The number of benzene rings is 1. The number of aromatic nitrogens is 1. The first-order valence-electron chi connectivity index (χ1n) is 6.10. The van der Waals surface area contributed by atoms with Crippen molar-refractivity contribution in [1.82, 2.24) is 4.98 Å². The molecule has 1 nitrogen and oxygen atoms in total. The van der Waals surface area contributed by atoms with Gasteiger partial charge in [0.25, 0.3) is 0 Å². The molecule has 0 saturated heterocycles. The Balaban J connectivity index is 2.41. The van der Waals surface area contributed by atoms with Crippen LogP contribution in [0, 0.1) is 17.5 Å². The summed E-state index contributed by atoms with van der Waals surface area (Å²) >= 11 is 0. The fraction of sp³-hybridized carbons (Fsp3) is 0.429. The van der Waals surface area contributed by atoms with Crippen LogP contribution in [-0.4, -0.2) is 4.98 Å². The van der Waals surface area contributed by atoms with Gasteiger partial charge in [0.1, 0.15) is 0 Å². The number of H-pyrrole nitrogens is 1. The average molecular weight is 253 g/mol. The lowest BCUT2D eigenvalue weighted by atomic mass is 9.76. The first-order chi connectivity index (χ1) is 8.42. The largest absolute Gasteiger partial charge is 0.358 e. The summed E-state index contributed by atoms with van der Waals surface area (Å²) in [6, 6.07) is 1.04. The maximum absolute atomic E-state index is 13.9. The summed E-state index contributed by atoms with van der Waals surface area (Å²) in [5, 5.41) is 0.219. The van der Waals surface area contributed by atoms with Crippen molar-refractivity contribution in [3.05, 3.63) is 34.8 Å². The van der Waals surface area contributed by atoms with E-state index in [9.17, 15) is 13.2 Å².